The number of nitrogen functional groups attached to an aromatic ring is 1. The van der Waals surface area contributed by atoms with Crippen LogP contribution in [0.25, 0.3) is 0 Å². The van der Waals surface area contributed by atoms with E-state index in [4.69, 9.17) is 15.2 Å². The second-order valence-electron chi connectivity index (χ2n) is 5.46. The molecule has 0 aromatic heterocycles. The molecule has 2 aromatic carbocycles. The lowest BCUT2D eigenvalue weighted by molar-refractivity contribution is 0.0600. The standard InChI is InChI=1S/C19H23NO4/c1-14-6-5-7-16(12-14)23-10-3-4-11-24-18-13-15(19(21)22-2)8-9-17(18)20/h5-9,12-13H,3-4,10-11,20H2,1-2H3. The molecule has 0 amide bonds. The largest absolute Gasteiger partial charge is 0.494 e. The zero-order valence-corrected chi connectivity index (χ0v) is 14.1. The summed E-state index contributed by atoms with van der Waals surface area (Å²) in [7, 11) is 1.34. The Balaban J connectivity index is 1.73. The highest BCUT2D eigenvalue weighted by Crippen LogP contribution is 2.23. The molecule has 2 N–H and O–H groups in total. The third-order valence-electron chi connectivity index (χ3n) is 3.49. The monoisotopic (exact) mass is 329 g/mol. The summed E-state index contributed by atoms with van der Waals surface area (Å²) in [6, 6.07) is 12.8. The van der Waals surface area contributed by atoms with Crippen molar-refractivity contribution in [2.75, 3.05) is 26.1 Å². The number of carbonyl (C=O) groups excluding carboxylic acids is 1. The average Bonchev–Trinajstić information content (AvgIpc) is 2.58. The van der Waals surface area contributed by atoms with Crippen LogP contribution >= 0.6 is 0 Å². The number of anilines is 1. The average molecular weight is 329 g/mol. The van der Waals surface area contributed by atoms with Crippen LogP contribution in [0.1, 0.15) is 28.8 Å². The van der Waals surface area contributed by atoms with Gasteiger partial charge in [0, 0.05) is 0 Å². The van der Waals surface area contributed by atoms with Gasteiger partial charge < -0.3 is 19.9 Å². The van der Waals surface area contributed by atoms with Crippen molar-refractivity contribution in [3.05, 3.63) is 53.6 Å². The number of carbonyl (C=O) groups is 1. The van der Waals surface area contributed by atoms with Crippen LogP contribution < -0.4 is 15.2 Å². The van der Waals surface area contributed by atoms with E-state index in [0.29, 0.717) is 30.2 Å². The molecule has 2 aromatic rings. The highest BCUT2D eigenvalue weighted by atomic mass is 16.5. The van der Waals surface area contributed by atoms with E-state index in [1.54, 1.807) is 18.2 Å². The molecule has 0 bridgehead atoms. The van der Waals surface area contributed by atoms with Gasteiger partial charge in [0.2, 0.25) is 0 Å². The number of unbranched alkanes of at least 4 members (excludes halogenated alkanes) is 1. The van der Waals surface area contributed by atoms with Crippen molar-refractivity contribution in [2.45, 2.75) is 19.8 Å². The van der Waals surface area contributed by atoms with Crippen LogP contribution in [0, 0.1) is 6.92 Å². The Labute approximate surface area is 142 Å². The van der Waals surface area contributed by atoms with E-state index in [1.807, 2.05) is 31.2 Å². The summed E-state index contributed by atoms with van der Waals surface area (Å²) in [4.78, 5) is 11.5. The summed E-state index contributed by atoms with van der Waals surface area (Å²) in [5.74, 6) is 0.967. The quantitative estimate of drug-likeness (QED) is 0.455. The highest BCUT2D eigenvalue weighted by Gasteiger charge is 2.09. The van der Waals surface area contributed by atoms with Crippen molar-refractivity contribution in [3.8, 4) is 11.5 Å². The number of ether oxygens (including phenoxy) is 3. The van der Waals surface area contributed by atoms with Gasteiger partial charge in [-0.25, -0.2) is 4.79 Å². The van der Waals surface area contributed by atoms with Gasteiger partial charge in [0.1, 0.15) is 11.5 Å². The van der Waals surface area contributed by atoms with E-state index in [9.17, 15) is 4.79 Å². The zero-order chi connectivity index (χ0) is 17.4. The molecule has 0 heterocycles. The van der Waals surface area contributed by atoms with Crippen LogP contribution in [0.4, 0.5) is 5.69 Å². The molecular weight excluding hydrogens is 306 g/mol. The molecule has 0 aliphatic heterocycles. The second-order valence-corrected chi connectivity index (χ2v) is 5.46. The van der Waals surface area contributed by atoms with Crippen molar-refractivity contribution in [2.24, 2.45) is 0 Å². The van der Waals surface area contributed by atoms with Gasteiger partial charge in [-0.15, -0.1) is 0 Å². The Morgan fingerprint density at radius 2 is 1.79 bits per heavy atom. The van der Waals surface area contributed by atoms with Crippen molar-refractivity contribution >= 4 is 11.7 Å². The van der Waals surface area contributed by atoms with Crippen LogP contribution in [0.3, 0.4) is 0 Å². The Morgan fingerprint density at radius 1 is 1.04 bits per heavy atom. The van der Waals surface area contributed by atoms with Crippen molar-refractivity contribution in [1.82, 2.24) is 0 Å². The molecule has 0 unspecified atom stereocenters. The van der Waals surface area contributed by atoms with Gasteiger partial charge in [0.05, 0.1) is 31.6 Å². The number of rotatable bonds is 8. The number of esters is 1. The van der Waals surface area contributed by atoms with Gasteiger partial charge in [-0.2, -0.15) is 0 Å². The molecule has 0 aliphatic rings. The predicted octanol–water partition coefficient (Wildman–Crippen LogP) is 3.60. The minimum absolute atomic E-state index is 0.411. The maximum absolute atomic E-state index is 11.5. The molecule has 0 saturated carbocycles. The van der Waals surface area contributed by atoms with Crippen LogP contribution in [-0.2, 0) is 4.74 Å². The van der Waals surface area contributed by atoms with E-state index < -0.39 is 5.97 Å². The van der Waals surface area contributed by atoms with Crippen LogP contribution in [-0.4, -0.2) is 26.3 Å². The molecule has 5 nitrogen and oxygen atoms in total. The Hall–Kier alpha value is -2.69. The maximum Gasteiger partial charge on any atom is 0.337 e. The van der Waals surface area contributed by atoms with E-state index in [0.717, 1.165) is 18.6 Å². The van der Waals surface area contributed by atoms with Gasteiger partial charge in [-0.3, -0.25) is 0 Å². The van der Waals surface area contributed by atoms with E-state index in [1.165, 1.54) is 12.7 Å². The zero-order valence-electron chi connectivity index (χ0n) is 14.1. The number of nitrogens with two attached hydrogens (primary N) is 1. The SMILES string of the molecule is COC(=O)c1ccc(N)c(OCCCCOc2cccc(C)c2)c1. The number of aryl methyl sites for hydroxylation is 1. The molecular formula is C19H23NO4. The van der Waals surface area contributed by atoms with Crippen molar-refractivity contribution in [3.63, 3.8) is 0 Å². The summed E-state index contributed by atoms with van der Waals surface area (Å²) in [6.45, 7) is 3.17. The smallest absolute Gasteiger partial charge is 0.337 e. The van der Waals surface area contributed by atoms with Crippen LogP contribution in [0.2, 0.25) is 0 Å². The molecule has 0 aliphatic carbocycles. The maximum atomic E-state index is 11.5. The summed E-state index contributed by atoms with van der Waals surface area (Å²) in [6.07, 6.45) is 1.69. The van der Waals surface area contributed by atoms with Gasteiger partial charge in [-0.05, 0) is 55.7 Å². The molecule has 0 radical (unpaired) electrons. The Kier molecular flexibility index (Phi) is 6.49. The van der Waals surface area contributed by atoms with Crippen molar-refractivity contribution in [1.29, 1.82) is 0 Å². The third-order valence-corrected chi connectivity index (χ3v) is 3.49. The fourth-order valence-electron chi connectivity index (χ4n) is 2.19. The number of hydrogen-bond acceptors (Lipinski definition) is 5. The minimum Gasteiger partial charge on any atom is -0.494 e. The van der Waals surface area contributed by atoms with Gasteiger partial charge >= 0.3 is 5.97 Å². The van der Waals surface area contributed by atoms with Gasteiger partial charge in [0.15, 0.2) is 0 Å². The Morgan fingerprint density at radius 3 is 2.50 bits per heavy atom. The van der Waals surface area contributed by atoms with Crippen LogP contribution in [0.5, 0.6) is 11.5 Å². The summed E-state index contributed by atoms with van der Waals surface area (Å²) >= 11 is 0. The van der Waals surface area contributed by atoms with E-state index in [2.05, 4.69) is 4.74 Å². The molecule has 0 atom stereocenters. The van der Waals surface area contributed by atoms with E-state index in [-0.39, 0.29) is 0 Å². The highest BCUT2D eigenvalue weighted by molar-refractivity contribution is 5.90. The number of methoxy groups -OCH3 is 1. The summed E-state index contributed by atoms with van der Waals surface area (Å²) in [5, 5.41) is 0. The molecule has 0 saturated heterocycles. The first-order valence-corrected chi connectivity index (χ1v) is 7.90. The van der Waals surface area contributed by atoms with Crippen LogP contribution in [0.15, 0.2) is 42.5 Å². The predicted molar refractivity (Wildman–Crippen MR) is 93.6 cm³/mol. The minimum atomic E-state index is -0.411. The lowest BCUT2D eigenvalue weighted by Gasteiger charge is -2.11. The van der Waals surface area contributed by atoms with Gasteiger partial charge in [0.25, 0.3) is 0 Å². The normalized spacial score (nSPS) is 10.2. The fourth-order valence-corrected chi connectivity index (χ4v) is 2.19. The molecule has 0 spiro atoms. The number of benzene rings is 2. The summed E-state index contributed by atoms with van der Waals surface area (Å²) in [5.41, 5.74) is 7.96. The van der Waals surface area contributed by atoms with Crippen molar-refractivity contribution < 1.29 is 19.0 Å². The fraction of sp³-hybridized carbons (Fsp3) is 0.316. The Bertz CT molecular complexity index is 685. The van der Waals surface area contributed by atoms with Gasteiger partial charge in [-0.1, -0.05) is 12.1 Å². The molecule has 128 valence electrons. The lowest BCUT2D eigenvalue weighted by Crippen LogP contribution is -2.06. The third kappa shape index (κ3) is 5.19. The molecule has 24 heavy (non-hydrogen) atoms. The molecule has 2 rings (SSSR count). The number of hydrogen-bond donors (Lipinski definition) is 1. The van der Waals surface area contributed by atoms with E-state index >= 15 is 0 Å². The lowest BCUT2D eigenvalue weighted by atomic mass is 10.2. The topological polar surface area (TPSA) is 70.8 Å². The molecule has 5 heteroatoms. The first kappa shape index (κ1) is 17.7. The first-order chi connectivity index (χ1) is 11.6. The summed E-state index contributed by atoms with van der Waals surface area (Å²) < 4.78 is 16.0. The molecule has 0 fully saturated rings. The first-order valence-electron chi connectivity index (χ1n) is 7.90. The second kappa shape index (κ2) is 8.82.